The third kappa shape index (κ3) is 3.74. The molecule has 2 fully saturated rings. The topological polar surface area (TPSA) is 52.2 Å². The summed E-state index contributed by atoms with van der Waals surface area (Å²) in [6.07, 6.45) is 5.17. The number of carbonyl (C=O) groups is 1. The Morgan fingerprint density at radius 2 is 1.97 bits per heavy atom. The molecule has 3 aromatic rings. The largest absolute Gasteiger partial charge is 0.345 e. The fraction of sp³-hybridized carbons (Fsp3) is 0.440. The number of hydrogen-bond acceptors (Lipinski definition) is 3. The fourth-order valence-corrected chi connectivity index (χ4v) is 5.38. The Bertz CT molecular complexity index is 1040. The van der Waals surface area contributed by atoms with Crippen LogP contribution in [0, 0.1) is 18.8 Å². The number of nitrogens with one attached hydrogen (secondary N) is 1. The second-order valence-electron chi connectivity index (χ2n) is 9.21. The predicted molar refractivity (Wildman–Crippen MR) is 119 cm³/mol. The molecule has 30 heavy (non-hydrogen) atoms. The van der Waals surface area contributed by atoms with Crippen molar-refractivity contribution in [1.82, 2.24) is 19.8 Å². The van der Waals surface area contributed by atoms with Crippen LogP contribution in [0.2, 0.25) is 0 Å². The molecule has 1 N–H and O–H groups in total. The summed E-state index contributed by atoms with van der Waals surface area (Å²) in [6.45, 7) is 5.49. The van der Waals surface area contributed by atoms with E-state index in [1.807, 2.05) is 30.1 Å². The minimum Gasteiger partial charge on any atom is -0.345 e. The van der Waals surface area contributed by atoms with E-state index < -0.39 is 0 Å². The van der Waals surface area contributed by atoms with E-state index in [-0.39, 0.29) is 5.91 Å². The standard InChI is InChI=1S/C25H30N4O/c1-17-3-5-18(6-4-17)14-29-10-9-19-11-22(12-21(19)15-29)28(2)25(30)20-7-8-23-24(13-20)27-16-26-23/h3-8,13,16,19,21-22H,9-12,14-15H2,1-2H3,(H,26,27)/t19-,21-,22+/m1/s1. The maximum absolute atomic E-state index is 13.1. The summed E-state index contributed by atoms with van der Waals surface area (Å²) >= 11 is 0. The van der Waals surface area contributed by atoms with E-state index in [1.54, 1.807) is 6.33 Å². The minimum absolute atomic E-state index is 0.117. The molecule has 1 saturated carbocycles. The first-order chi connectivity index (χ1) is 14.6. The lowest BCUT2D eigenvalue weighted by molar-refractivity contribution is 0.0730. The molecule has 3 atom stereocenters. The van der Waals surface area contributed by atoms with Crippen molar-refractivity contribution in [1.29, 1.82) is 0 Å². The summed E-state index contributed by atoms with van der Waals surface area (Å²) in [4.78, 5) is 25.1. The van der Waals surface area contributed by atoms with Crippen molar-refractivity contribution >= 4 is 16.9 Å². The van der Waals surface area contributed by atoms with Gasteiger partial charge < -0.3 is 9.88 Å². The highest BCUT2D eigenvalue weighted by Crippen LogP contribution is 2.40. The van der Waals surface area contributed by atoms with Gasteiger partial charge in [-0.25, -0.2) is 4.98 Å². The van der Waals surface area contributed by atoms with E-state index >= 15 is 0 Å². The van der Waals surface area contributed by atoms with E-state index in [4.69, 9.17) is 0 Å². The quantitative estimate of drug-likeness (QED) is 0.710. The van der Waals surface area contributed by atoms with E-state index in [2.05, 4.69) is 46.1 Å². The molecule has 0 bridgehead atoms. The third-order valence-corrected chi connectivity index (χ3v) is 7.19. The van der Waals surface area contributed by atoms with E-state index in [9.17, 15) is 4.79 Å². The number of hydrogen-bond donors (Lipinski definition) is 1. The molecular weight excluding hydrogens is 372 g/mol. The molecule has 0 unspecified atom stereocenters. The van der Waals surface area contributed by atoms with E-state index in [0.717, 1.165) is 55.0 Å². The summed E-state index contributed by atoms with van der Waals surface area (Å²) in [5.41, 5.74) is 5.27. The average Bonchev–Trinajstić information content (AvgIpc) is 3.40. The van der Waals surface area contributed by atoms with Crippen LogP contribution in [-0.4, -0.2) is 51.9 Å². The van der Waals surface area contributed by atoms with Gasteiger partial charge >= 0.3 is 0 Å². The number of nitrogens with zero attached hydrogens (tertiary/aromatic N) is 3. The van der Waals surface area contributed by atoms with Crippen LogP contribution in [0.15, 0.2) is 48.8 Å². The van der Waals surface area contributed by atoms with Crippen molar-refractivity contribution in [3.63, 3.8) is 0 Å². The first-order valence-electron chi connectivity index (χ1n) is 11.0. The molecule has 5 rings (SSSR count). The van der Waals surface area contributed by atoms with Gasteiger partial charge in [-0.3, -0.25) is 9.69 Å². The highest BCUT2D eigenvalue weighted by molar-refractivity contribution is 5.97. The molecular formula is C25H30N4O. The van der Waals surface area contributed by atoms with Crippen LogP contribution in [0.4, 0.5) is 0 Å². The van der Waals surface area contributed by atoms with Crippen LogP contribution < -0.4 is 0 Å². The van der Waals surface area contributed by atoms with Crippen molar-refractivity contribution in [3.05, 3.63) is 65.5 Å². The van der Waals surface area contributed by atoms with Crippen LogP contribution in [-0.2, 0) is 6.54 Å². The van der Waals surface area contributed by atoms with Crippen LogP contribution in [0.5, 0.6) is 0 Å². The normalized spacial score (nSPS) is 24.1. The van der Waals surface area contributed by atoms with Gasteiger partial charge in [-0.15, -0.1) is 0 Å². The number of H-pyrrole nitrogens is 1. The Hall–Kier alpha value is -2.66. The molecule has 5 nitrogen and oxygen atoms in total. The molecule has 2 aromatic carbocycles. The van der Waals surface area contributed by atoms with E-state index in [0.29, 0.717) is 12.0 Å². The van der Waals surface area contributed by atoms with Crippen molar-refractivity contribution < 1.29 is 4.79 Å². The zero-order chi connectivity index (χ0) is 20.7. The molecule has 0 radical (unpaired) electrons. The Balaban J connectivity index is 1.22. The summed E-state index contributed by atoms with van der Waals surface area (Å²) in [6, 6.07) is 15.0. The zero-order valence-electron chi connectivity index (χ0n) is 17.8. The molecule has 1 aromatic heterocycles. The molecule has 2 aliphatic rings. The van der Waals surface area contributed by atoms with Crippen LogP contribution in [0.25, 0.3) is 11.0 Å². The number of imidazole rings is 1. The Kier molecular flexibility index (Phi) is 5.07. The van der Waals surface area contributed by atoms with Crippen molar-refractivity contribution in [3.8, 4) is 0 Å². The summed E-state index contributed by atoms with van der Waals surface area (Å²) in [5, 5.41) is 0. The van der Waals surface area contributed by atoms with Crippen LogP contribution in [0.3, 0.4) is 0 Å². The molecule has 1 aliphatic heterocycles. The van der Waals surface area contributed by atoms with Gasteiger partial charge in [0, 0.05) is 31.7 Å². The maximum atomic E-state index is 13.1. The number of rotatable bonds is 4. The molecule has 2 heterocycles. The molecule has 156 valence electrons. The summed E-state index contributed by atoms with van der Waals surface area (Å²) < 4.78 is 0. The number of amides is 1. The first-order valence-corrected chi connectivity index (χ1v) is 11.0. The van der Waals surface area contributed by atoms with Gasteiger partial charge in [-0.2, -0.15) is 0 Å². The van der Waals surface area contributed by atoms with Crippen LogP contribution in [0.1, 0.15) is 40.7 Å². The number of aromatic nitrogens is 2. The van der Waals surface area contributed by atoms with E-state index in [1.165, 1.54) is 17.5 Å². The number of benzene rings is 2. The smallest absolute Gasteiger partial charge is 0.253 e. The summed E-state index contributed by atoms with van der Waals surface area (Å²) in [5.74, 6) is 1.56. The lowest BCUT2D eigenvalue weighted by Gasteiger charge is -2.35. The Labute approximate surface area is 178 Å². The van der Waals surface area contributed by atoms with Crippen molar-refractivity contribution in [2.45, 2.75) is 38.8 Å². The fourth-order valence-electron chi connectivity index (χ4n) is 5.38. The highest BCUT2D eigenvalue weighted by Gasteiger charge is 2.40. The highest BCUT2D eigenvalue weighted by atomic mass is 16.2. The van der Waals surface area contributed by atoms with Crippen molar-refractivity contribution in [2.75, 3.05) is 20.1 Å². The van der Waals surface area contributed by atoms with Crippen molar-refractivity contribution in [2.24, 2.45) is 11.8 Å². The maximum Gasteiger partial charge on any atom is 0.253 e. The third-order valence-electron chi connectivity index (χ3n) is 7.19. The number of aromatic amines is 1. The molecule has 1 saturated heterocycles. The second kappa shape index (κ2) is 7.88. The second-order valence-corrected chi connectivity index (χ2v) is 9.21. The van der Waals surface area contributed by atoms with Gasteiger partial charge in [0.15, 0.2) is 0 Å². The van der Waals surface area contributed by atoms with Gasteiger partial charge in [0.25, 0.3) is 5.91 Å². The minimum atomic E-state index is 0.117. The monoisotopic (exact) mass is 402 g/mol. The predicted octanol–water partition coefficient (Wildman–Crippen LogP) is 4.24. The number of aryl methyl sites for hydroxylation is 1. The number of fused-ring (bicyclic) bond motifs is 2. The lowest BCUT2D eigenvalue weighted by atomic mass is 9.88. The average molecular weight is 403 g/mol. The molecule has 5 heteroatoms. The zero-order valence-corrected chi connectivity index (χ0v) is 17.8. The van der Waals surface area contributed by atoms with Gasteiger partial charge in [0.1, 0.15) is 0 Å². The number of piperidine rings is 1. The van der Waals surface area contributed by atoms with Gasteiger partial charge in [-0.05, 0) is 68.3 Å². The summed E-state index contributed by atoms with van der Waals surface area (Å²) in [7, 11) is 1.98. The van der Waals surface area contributed by atoms with Gasteiger partial charge in [-0.1, -0.05) is 29.8 Å². The lowest BCUT2D eigenvalue weighted by Crippen LogP contribution is -2.38. The van der Waals surface area contributed by atoms with Crippen LogP contribution >= 0.6 is 0 Å². The SMILES string of the molecule is Cc1ccc(CN2CC[C@@H]3C[C@H](N(C)C(=O)c4ccc5nc[nH]c5c4)C[C@@H]3C2)cc1. The molecule has 1 aliphatic carbocycles. The molecule has 1 amide bonds. The van der Waals surface area contributed by atoms with Gasteiger partial charge in [0.05, 0.1) is 17.4 Å². The molecule has 0 spiro atoms. The Morgan fingerprint density at radius 3 is 2.80 bits per heavy atom. The Morgan fingerprint density at radius 1 is 1.17 bits per heavy atom. The van der Waals surface area contributed by atoms with Gasteiger partial charge in [0.2, 0.25) is 0 Å². The number of likely N-dealkylation sites (tertiary alicyclic amines) is 1. The first kappa shape index (κ1) is 19.3. The number of carbonyl (C=O) groups excluding carboxylic acids is 1.